The molecule has 0 saturated heterocycles. The Morgan fingerprint density at radius 1 is 1.20 bits per heavy atom. The van der Waals surface area contributed by atoms with Crippen LogP contribution in [0.5, 0.6) is 0 Å². The molecule has 0 saturated carbocycles. The van der Waals surface area contributed by atoms with E-state index in [1.165, 1.54) is 31.2 Å². The van der Waals surface area contributed by atoms with Crippen molar-refractivity contribution in [2.24, 2.45) is 0 Å². The highest BCUT2D eigenvalue weighted by Gasteiger charge is 2.09. The van der Waals surface area contributed by atoms with Crippen molar-refractivity contribution in [1.29, 1.82) is 0 Å². The van der Waals surface area contributed by atoms with E-state index >= 15 is 0 Å². The summed E-state index contributed by atoms with van der Waals surface area (Å²) in [6.07, 6.45) is 7.88. The molecule has 0 amide bonds. The summed E-state index contributed by atoms with van der Waals surface area (Å²) in [7, 11) is 0. The first kappa shape index (κ1) is 16.9. The van der Waals surface area contributed by atoms with E-state index in [0.29, 0.717) is 6.04 Å². The molecule has 0 radical (unpaired) electrons. The van der Waals surface area contributed by atoms with Crippen molar-refractivity contribution < 1.29 is 4.74 Å². The van der Waals surface area contributed by atoms with Crippen molar-refractivity contribution in [2.45, 2.75) is 45.1 Å². The van der Waals surface area contributed by atoms with Crippen molar-refractivity contribution in [3.8, 4) is 0 Å². The third kappa shape index (κ3) is 7.46. The van der Waals surface area contributed by atoms with Crippen LogP contribution in [0.3, 0.4) is 0 Å². The summed E-state index contributed by atoms with van der Waals surface area (Å²) in [5, 5.41) is 3.62. The number of hydrogen-bond donors (Lipinski definition) is 1. The van der Waals surface area contributed by atoms with Crippen molar-refractivity contribution in [3.63, 3.8) is 0 Å². The normalized spacial score (nSPS) is 12.2. The minimum atomic E-state index is 0.450. The molecule has 0 fully saturated rings. The van der Waals surface area contributed by atoms with E-state index in [9.17, 15) is 0 Å². The molecule has 112 valence electrons. The molecule has 0 aliphatic carbocycles. The SMILES string of the molecule is C=CCCOCCNC(CCCCC)c1ccccc1. The topological polar surface area (TPSA) is 21.3 Å². The van der Waals surface area contributed by atoms with Gasteiger partial charge in [0.15, 0.2) is 0 Å². The molecule has 0 spiro atoms. The summed E-state index contributed by atoms with van der Waals surface area (Å²) < 4.78 is 5.55. The van der Waals surface area contributed by atoms with Gasteiger partial charge in [-0.1, -0.05) is 62.6 Å². The van der Waals surface area contributed by atoms with Crippen LogP contribution in [0, 0.1) is 0 Å². The summed E-state index contributed by atoms with van der Waals surface area (Å²) in [6, 6.07) is 11.2. The van der Waals surface area contributed by atoms with Gasteiger partial charge in [-0.15, -0.1) is 6.58 Å². The van der Waals surface area contributed by atoms with Gasteiger partial charge in [0.2, 0.25) is 0 Å². The molecule has 1 unspecified atom stereocenters. The smallest absolute Gasteiger partial charge is 0.0591 e. The molecular weight excluding hydrogens is 246 g/mol. The molecule has 1 atom stereocenters. The summed E-state index contributed by atoms with van der Waals surface area (Å²) >= 11 is 0. The first-order chi connectivity index (χ1) is 9.88. The lowest BCUT2D eigenvalue weighted by atomic mass is 10.0. The van der Waals surface area contributed by atoms with Gasteiger partial charge in [-0.05, 0) is 18.4 Å². The summed E-state index contributed by atoms with van der Waals surface area (Å²) in [5.41, 5.74) is 1.38. The third-order valence-electron chi connectivity index (χ3n) is 3.40. The van der Waals surface area contributed by atoms with Crippen molar-refractivity contribution in [2.75, 3.05) is 19.8 Å². The van der Waals surface area contributed by atoms with Gasteiger partial charge >= 0.3 is 0 Å². The molecule has 0 aliphatic rings. The van der Waals surface area contributed by atoms with E-state index in [4.69, 9.17) is 4.74 Å². The number of benzene rings is 1. The molecule has 2 heteroatoms. The number of unbranched alkanes of at least 4 members (excludes halogenated alkanes) is 2. The molecule has 0 aliphatic heterocycles. The molecule has 1 aromatic rings. The van der Waals surface area contributed by atoms with Crippen LogP contribution in [0.4, 0.5) is 0 Å². The van der Waals surface area contributed by atoms with Crippen LogP contribution in [0.25, 0.3) is 0 Å². The Morgan fingerprint density at radius 2 is 2.00 bits per heavy atom. The second kappa shape index (κ2) is 11.7. The minimum absolute atomic E-state index is 0.450. The largest absolute Gasteiger partial charge is 0.380 e. The van der Waals surface area contributed by atoms with E-state index in [-0.39, 0.29) is 0 Å². The molecule has 0 aromatic heterocycles. The maximum absolute atomic E-state index is 5.55. The van der Waals surface area contributed by atoms with Crippen LogP contribution >= 0.6 is 0 Å². The zero-order chi connectivity index (χ0) is 14.5. The standard InChI is InChI=1S/C18H29NO/c1-3-5-8-13-18(17-11-9-7-10-12-17)19-14-16-20-15-6-4-2/h4,7,9-12,18-19H,2-3,5-6,8,13-16H2,1H3. The molecule has 1 aromatic carbocycles. The van der Waals surface area contributed by atoms with Crippen molar-refractivity contribution in [1.82, 2.24) is 5.32 Å². The Bertz CT molecular complexity index is 337. The fourth-order valence-corrected chi connectivity index (χ4v) is 2.24. The molecule has 1 rings (SSSR count). The van der Waals surface area contributed by atoms with Crippen LogP contribution in [-0.4, -0.2) is 19.8 Å². The van der Waals surface area contributed by atoms with Gasteiger partial charge in [0.05, 0.1) is 13.2 Å². The fourth-order valence-electron chi connectivity index (χ4n) is 2.24. The van der Waals surface area contributed by atoms with E-state index in [0.717, 1.165) is 26.2 Å². The summed E-state index contributed by atoms with van der Waals surface area (Å²) in [4.78, 5) is 0. The zero-order valence-electron chi connectivity index (χ0n) is 12.8. The molecule has 1 N–H and O–H groups in total. The van der Waals surface area contributed by atoms with E-state index in [1.54, 1.807) is 0 Å². The number of nitrogens with one attached hydrogen (secondary N) is 1. The highest BCUT2D eigenvalue weighted by molar-refractivity contribution is 5.18. The Kier molecular flexibility index (Phi) is 9.89. The van der Waals surface area contributed by atoms with Gasteiger partial charge < -0.3 is 10.1 Å². The minimum Gasteiger partial charge on any atom is -0.380 e. The Hall–Kier alpha value is -1.12. The maximum atomic E-state index is 5.55. The first-order valence-corrected chi connectivity index (χ1v) is 7.85. The Balaban J connectivity index is 2.33. The quantitative estimate of drug-likeness (QED) is 0.448. The van der Waals surface area contributed by atoms with Crippen LogP contribution in [-0.2, 0) is 4.74 Å². The van der Waals surface area contributed by atoms with E-state index in [1.807, 2.05) is 6.08 Å². The van der Waals surface area contributed by atoms with Crippen molar-refractivity contribution in [3.05, 3.63) is 48.6 Å². The molecule has 0 bridgehead atoms. The van der Waals surface area contributed by atoms with Crippen LogP contribution in [0.2, 0.25) is 0 Å². The van der Waals surface area contributed by atoms with Gasteiger partial charge in [0.1, 0.15) is 0 Å². The Labute approximate surface area is 124 Å². The Morgan fingerprint density at radius 3 is 2.70 bits per heavy atom. The van der Waals surface area contributed by atoms with Crippen LogP contribution in [0.15, 0.2) is 43.0 Å². The average molecular weight is 275 g/mol. The fraction of sp³-hybridized carbons (Fsp3) is 0.556. The lowest BCUT2D eigenvalue weighted by Crippen LogP contribution is -2.25. The summed E-state index contributed by atoms with van der Waals surface area (Å²) in [5.74, 6) is 0. The average Bonchev–Trinajstić information content (AvgIpc) is 2.50. The van der Waals surface area contributed by atoms with E-state index < -0.39 is 0 Å². The molecule has 2 nitrogen and oxygen atoms in total. The van der Waals surface area contributed by atoms with Crippen LogP contribution < -0.4 is 5.32 Å². The predicted octanol–water partition coefficient (Wildman–Crippen LogP) is 4.49. The first-order valence-electron chi connectivity index (χ1n) is 7.85. The predicted molar refractivity (Wildman–Crippen MR) is 87.0 cm³/mol. The lowest BCUT2D eigenvalue weighted by molar-refractivity contribution is 0.137. The van der Waals surface area contributed by atoms with Gasteiger partial charge in [-0.25, -0.2) is 0 Å². The highest BCUT2D eigenvalue weighted by Crippen LogP contribution is 2.19. The second-order valence-electron chi connectivity index (χ2n) is 5.10. The monoisotopic (exact) mass is 275 g/mol. The third-order valence-corrected chi connectivity index (χ3v) is 3.40. The van der Waals surface area contributed by atoms with Gasteiger partial charge in [-0.3, -0.25) is 0 Å². The highest BCUT2D eigenvalue weighted by atomic mass is 16.5. The van der Waals surface area contributed by atoms with Crippen molar-refractivity contribution >= 4 is 0 Å². The molecule has 0 heterocycles. The lowest BCUT2D eigenvalue weighted by Gasteiger charge is -2.19. The van der Waals surface area contributed by atoms with Crippen LogP contribution in [0.1, 0.15) is 50.6 Å². The number of ether oxygens (including phenoxy) is 1. The second-order valence-corrected chi connectivity index (χ2v) is 5.10. The number of hydrogen-bond acceptors (Lipinski definition) is 2. The van der Waals surface area contributed by atoms with Gasteiger partial charge in [0.25, 0.3) is 0 Å². The number of rotatable bonds is 12. The summed E-state index contributed by atoms with van der Waals surface area (Å²) in [6.45, 7) is 8.39. The maximum Gasteiger partial charge on any atom is 0.0591 e. The van der Waals surface area contributed by atoms with Gasteiger partial charge in [-0.2, -0.15) is 0 Å². The molecular formula is C18H29NO. The zero-order valence-corrected chi connectivity index (χ0v) is 12.8. The molecule has 20 heavy (non-hydrogen) atoms. The van der Waals surface area contributed by atoms with E-state index in [2.05, 4.69) is 49.2 Å². The van der Waals surface area contributed by atoms with Gasteiger partial charge in [0, 0.05) is 12.6 Å².